The van der Waals surface area contributed by atoms with Gasteiger partial charge in [0, 0.05) is 12.1 Å². The predicted molar refractivity (Wildman–Crippen MR) is 71.8 cm³/mol. The number of aromatic nitrogens is 1. The standard InChI is InChI=1S/C13H18ClN3O/c1-17(2)13(7-4-8-13)9-15-12(18)10-5-3-6-11(14)16-10/h3,5-6H,4,7-9H2,1-2H3,(H,15,18). The maximum absolute atomic E-state index is 12.0. The molecule has 0 aromatic carbocycles. The first-order valence-corrected chi connectivity index (χ1v) is 6.49. The van der Waals surface area contributed by atoms with Crippen molar-refractivity contribution in [2.45, 2.75) is 24.8 Å². The van der Waals surface area contributed by atoms with Crippen LogP contribution in [0.15, 0.2) is 18.2 Å². The summed E-state index contributed by atoms with van der Waals surface area (Å²) < 4.78 is 0. The Hall–Kier alpha value is -1.13. The van der Waals surface area contributed by atoms with Gasteiger partial charge in [0.2, 0.25) is 0 Å². The lowest BCUT2D eigenvalue weighted by atomic mass is 9.75. The number of rotatable bonds is 4. The first-order valence-electron chi connectivity index (χ1n) is 6.12. The van der Waals surface area contributed by atoms with Crippen molar-refractivity contribution in [2.24, 2.45) is 0 Å². The summed E-state index contributed by atoms with van der Waals surface area (Å²) in [4.78, 5) is 18.2. The number of nitrogens with one attached hydrogen (secondary N) is 1. The Morgan fingerprint density at radius 2 is 2.22 bits per heavy atom. The van der Waals surface area contributed by atoms with E-state index in [4.69, 9.17) is 11.6 Å². The van der Waals surface area contributed by atoms with Crippen molar-refractivity contribution in [3.8, 4) is 0 Å². The van der Waals surface area contributed by atoms with E-state index in [1.54, 1.807) is 18.2 Å². The lowest BCUT2D eigenvalue weighted by molar-refractivity contribution is 0.0556. The van der Waals surface area contributed by atoms with Gasteiger partial charge in [0.05, 0.1) is 0 Å². The molecular formula is C13H18ClN3O. The van der Waals surface area contributed by atoms with Crippen LogP contribution in [0.1, 0.15) is 29.8 Å². The number of halogens is 1. The smallest absolute Gasteiger partial charge is 0.270 e. The topological polar surface area (TPSA) is 45.2 Å². The summed E-state index contributed by atoms with van der Waals surface area (Å²) in [6.07, 6.45) is 3.48. The van der Waals surface area contributed by atoms with Gasteiger partial charge in [-0.05, 0) is 45.5 Å². The molecule has 0 atom stereocenters. The van der Waals surface area contributed by atoms with Crippen LogP contribution in [0.25, 0.3) is 0 Å². The van der Waals surface area contributed by atoms with Crippen molar-refractivity contribution in [2.75, 3.05) is 20.6 Å². The molecule has 0 aliphatic heterocycles. The SMILES string of the molecule is CN(C)C1(CNC(=O)c2cccc(Cl)n2)CCC1. The zero-order chi connectivity index (χ0) is 13.2. The average molecular weight is 268 g/mol. The van der Waals surface area contributed by atoms with E-state index in [2.05, 4.69) is 29.3 Å². The van der Waals surface area contributed by atoms with E-state index in [1.807, 2.05) is 0 Å². The van der Waals surface area contributed by atoms with Crippen molar-refractivity contribution in [3.63, 3.8) is 0 Å². The number of carbonyl (C=O) groups excluding carboxylic acids is 1. The number of likely N-dealkylation sites (N-methyl/N-ethyl adjacent to an activating group) is 1. The quantitative estimate of drug-likeness (QED) is 0.848. The fourth-order valence-electron chi connectivity index (χ4n) is 2.24. The molecule has 5 heteroatoms. The Morgan fingerprint density at radius 3 is 2.72 bits per heavy atom. The molecule has 4 nitrogen and oxygen atoms in total. The minimum absolute atomic E-state index is 0.119. The third-order valence-electron chi connectivity index (χ3n) is 3.76. The van der Waals surface area contributed by atoms with Crippen LogP contribution in [-0.4, -0.2) is 42.0 Å². The Morgan fingerprint density at radius 1 is 1.50 bits per heavy atom. The number of nitrogens with zero attached hydrogens (tertiary/aromatic N) is 2. The molecule has 1 aliphatic carbocycles. The number of hydrogen-bond acceptors (Lipinski definition) is 3. The Balaban J connectivity index is 1.96. The summed E-state index contributed by atoms with van der Waals surface area (Å²) in [6, 6.07) is 5.06. The van der Waals surface area contributed by atoms with Crippen molar-refractivity contribution in [1.82, 2.24) is 15.2 Å². The second-order valence-corrected chi connectivity index (χ2v) is 5.39. The van der Waals surface area contributed by atoms with Crippen LogP contribution in [0.5, 0.6) is 0 Å². The number of carbonyl (C=O) groups is 1. The molecule has 1 saturated carbocycles. The highest BCUT2D eigenvalue weighted by Crippen LogP contribution is 2.35. The molecule has 0 spiro atoms. The molecule has 0 radical (unpaired) electrons. The van der Waals surface area contributed by atoms with Crippen LogP contribution in [0, 0.1) is 0 Å². The van der Waals surface area contributed by atoms with Gasteiger partial charge >= 0.3 is 0 Å². The highest BCUT2D eigenvalue weighted by Gasteiger charge is 2.39. The van der Waals surface area contributed by atoms with Gasteiger partial charge in [-0.15, -0.1) is 0 Å². The number of amides is 1. The number of pyridine rings is 1. The van der Waals surface area contributed by atoms with Crippen LogP contribution in [0.4, 0.5) is 0 Å². The van der Waals surface area contributed by atoms with Crippen LogP contribution >= 0.6 is 11.6 Å². The summed E-state index contributed by atoms with van der Waals surface area (Å²) in [6.45, 7) is 0.660. The van der Waals surface area contributed by atoms with Crippen molar-refractivity contribution < 1.29 is 4.79 Å². The van der Waals surface area contributed by atoms with Crippen molar-refractivity contribution >= 4 is 17.5 Å². The van der Waals surface area contributed by atoms with E-state index in [9.17, 15) is 4.79 Å². The number of hydrogen-bond donors (Lipinski definition) is 1. The van der Waals surface area contributed by atoms with E-state index in [-0.39, 0.29) is 11.4 Å². The predicted octanol–water partition coefficient (Wildman–Crippen LogP) is 1.95. The normalized spacial score (nSPS) is 17.3. The molecule has 1 aliphatic rings. The van der Waals surface area contributed by atoms with Gasteiger partial charge in [-0.1, -0.05) is 17.7 Å². The molecule has 1 amide bonds. The molecule has 2 rings (SSSR count). The minimum Gasteiger partial charge on any atom is -0.349 e. The van der Waals surface area contributed by atoms with E-state index >= 15 is 0 Å². The average Bonchev–Trinajstić information content (AvgIpc) is 2.26. The molecule has 98 valence electrons. The molecule has 0 unspecified atom stereocenters. The van der Waals surface area contributed by atoms with E-state index in [0.29, 0.717) is 17.4 Å². The highest BCUT2D eigenvalue weighted by atomic mass is 35.5. The summed E-state index contributed by atoms with van der Waals surface area (Å²) in [5.41, 5.74) is 0.490. The van der Waals surface area contributed by atoms with Crippen LogP contribution in [-0.2, 0) is 0 Å². The maximum atomic E-state index is 12.0. The lowest BCUT2D eigenvalue weighted by Gasteiger charge is -2.47. The van der Waals surface area contributed by atoms with Gasteiger partial charge in [0.15, 0.2) is 0 Å². The molecule has 1 aromatic heterocycles. The van der Waals surface area contributed by atoms with Gasteiger partial charge in [0.1, 0.15) is 10.8 Å². The van der Waals surface area contributed by atoms with Gasteiger partial charge in [0.25, 0.3) is 5.91 Å². The van der Waals surface area contributed by atoms with E-state index in [1.165, 1.54) is 6.42 Å². The van der Waals surface area contributed by atoms with Gasteiger partial charge in [-0.3, -0.25) is 4.79 Å². The minimum atomic E-state index is -0.161. The first kappa shape index (κ1) is 13.3. The van der Waals surface area contributed by atoms with Crippen LogP contribution in [0.2, 0.25) is 5.15 Å². The molecule has 18 heavy (non-hydrogen) atoms. The van der Waals surface area contributed by atoms with Gasteiger partial charge in [-0.2, -0.15) is 0 Å². The summed E-state index contributed by atoms with van der Waals surface area (Å²) in [5, 5.41) is 3.29. The zero-order valence-corrected chi connectivity index (χ0v) is 11.5. The van der Waals surface area contributed by atoms with Crippen molar-refractivity contribution in [3.05, 3.63) is 29.0 Å². The third-order valence-corrected chi connectivity index (χ3v) is 3.97. The Bertz CT molecular complexity index is 444. The molecule has 1 aromatic rings. The largest absolute Gasteiger partial charge is 0.349 e. The fraction of sp³-hybridized carbons (Fsp3) is 0.538. The van der Waals surface area contributed by atoms with Crippen LogP contribution < -0.4 is 5.32 Å². The highest BCUT2D eigenvalue weighted by molar-refractivity contribution is 6.29. The summed E-state index contributed by atoms with van der Waals surface area (Å²) >= 11 is 5.77. The molecular weight excluding hydrogens is 250 g/mol. The maximum Gasteiger partial charge on any atom is 0.270 e. The summed E-state index contributed by atoms with van der Waals surface area (Å²) in [7, 11) is 4.12. The zero-order valence-electron chi connectivity index (χ0n) is 10.7. The van der Waals surface area contributed by atoms with Crippen molar-refractivity contribution in [1.29, 1.82) is 0 Å². The molecule has 1 fully saturated rings. The fourth-order valence-corrected chi connectivity index (χ4v) is 2.40. The van der Waals surface area contributed by atoms with Crippen LogP contribution in [0.3, 0.4) is 0 Å². The molecule has 0 saturated heterocycles. The first-order chi connectivity index (χ1) is 8.53. The third kappa shape index (κ3) is 2.65. The van der Waals surface area contributed by atoms with E-state index in [0.717, 1.165) is 12.8 Å². The second-order valence-electron chi connectivity index (χ2n) is 5.00. The monoisotopic (exact) mass is 267 g/mol. The van der Waals surface area contributed by atoms with Gasteiger partial charge in [-0.25, -0.2) is 4.98 Å². The Kier molecular flexibility index (Phi) is 3.88. The summed E-state index contributed by atoms with van der Waals surface area (Å²) in [5.74, 6) is -0.161. The molecule has 1 N–H and O–H groups in total. The van der Waals surface area contributed by atoms with Gasteiger partial charge < -0.3 is 10.2 Å². The molecule has 0 bridgehead atoms. The lowest BCUT2D eigenvalue weighted by Crippen LogP contribution is -2.57. The Labute approximate surface area is 112 Å². The molecule has 1 heterocycles. The second kappa shape index (κ2) is 5.24. The van der Waals surface area contributed by atoms with E-state index < -0.39 is 0 Å².